The van der Waals surface area contributed by atoms with E-state index in [1.165, 1.54) is 16.4 Å². The third-order valence-electron chi connectivity index (χ3n) is 3.78. The zero-order valence-electron chi connectivity index (χ0n) is 12.9. The molecule has 1 rings (SSSR count). The quantitative estimate of drug-likeness (QED) is 0.901. The van der Waals surface area contributed by atoms with Gasteiger partial charge in [0.25, 0.3) is 0 Å². The first-order valence-electron chi connectivity index (χ1n) is 6.59. The predicted octanol–water partition coefficient (Wildman–Crippen LogP) is 3.51. The number of halogens is 2. The molecule has 0 saturated heterocycles. The first-order chi connectivity index (χ1) is 9.42. The average Bonchev–Trinajstić information content (AvgIpc) is 2.35. The summed E-state index contributed by atoms with van der Waals surface area (Å²) in [6, 6.07) is 2.68. The minimum Gasteiger partial charge on any atom is -0.326 e. The summed E-state index contributed by atoms with van der Waals surface area (Å²) in [5, 5.41) is 0.470. The Bertz CT molecular complexity index is 625. The highest BCUT2D eigenvalue weighted by Gasteiger charge is 2.33. The maximum absolute atomic E-state index is 12.8. The first-order valence-corrected chi connectivity index (χ1v) is 8.78. The minimum atomic E-state index is -3.71. The summed E-state index contributed by atoms with van der Waals surface area (Å²) >= 11 is 12.1. The molecule has 0 radical (unpaired) electrons. The van der Waals surface area contributed by atoms with Crippen LogP contribution < -0.4 is 5.73 Å². The van der Waals surface area contributed by atoms with Crippen LogP contribution in [0.4, 0.5) is 0 Å². The van der Waals surface area contributed by atoms with Gasteiger partial charge >= 0.3 is 0 Å². The highest BCUT2D eigenvalue weighted by Crippen LogP contribution is 2.33. The van der Waals surface area contributed by atoms with Crippen LogP contribution in [0.3, 0.4) is 0 Å². The Morgan fingerprint density at radius 1 is 1.24 bits per heavy atom. The van der Waals surface area contributed by atoms with Crippen molar-refractivity contribution in [1.29, 1.82) is 0 Å². The second kappa shape index (κ2) is 6.42. The molecule has 4 nitrogen and oxygen atoms in total. The van der Waals surface area contributed by atoms with Crippen LogP contribution >= 0.6 is 23.2 Å². The van der Waals surface area contributed by atoms with Crippen LogP contribution in [0.1, 0.15) is 33.3 Å². The van der Waals surface area contributed by atoms with Crippen molar-refractivity contribution in [3.8, 4) is 0 Å². The Labute approximate surface area is 137 Å². The van der Waals surface area contributed by atoms with Crippen molar-refractivity contribution < 1.29 is 8.42 Å². The standard InChI is InChI=1S/C14H22Cl2N2O2S/c1-9(14(2,3)4)18(5)21(19,20)13-6-10(8-17)11(15)7-12(13)16/h6-7,9H,8,17H2,1-5H3. The van der Waals surface area contributed by atoms with Gasteiger partial charge in [0.1, 0.15) is 4.90 Å². The van der Waals surface area contributed by atoms with E-state index in [1.807, 2.05) is 27.7 Å². The van der Waals surface area contributed by atoms with E-state index in [0.29, 0.717) is 10.6 Å². The monoisotopic (exact) mass is 352 g/mol. The van der Waals surface area contributed by atoms with Gasteiger partial charge in [0.2, 0.25) is 10.0 Å². The second-order valence-corrected chi connectivity index (χ2v) is 8.92. The van der Waals surface area contributed by atoms with Gasteiger partial charge in [0.05, 0.1) is 5.02 Å². The molecule has 1 atom stereocenters. The lowest BCUT2D eigenvalue weighted by molar-refractivity contribution is 0.216. The van der Waals surface area contributed by atoms with E-state index in [2.05, 4.69) is 0 Å². The van der Waals surface area contributed by atoms with E-state index in [4.69, 9.17) is 28.9 Å². The van der Waals surface area contributed by atoms with Crippen molar-refractivity contribution in [2.45, 2.75) is 45.2 Å². The number of sulfonamides is 1. The third-order valence-corrected chi connectivity index (χ3v) is 6.52. The van der Waals surface area contributed by atoms with Gasteiger partial charge in [0.15, 0.2) is 0 Å². The molecule has 2 N–H and O–H groups in total. The van der Waals surface area contributed by atoms with E-state index >= 15 is 0 Å². The molecule has 120 valence electrons. The zero-order chi connectivity index (χ0) is 16.6. The zero-order valence-corrected chi connectivity index (χ0v) is 15.3. The van der Waals surface area contributed by atoms with Crippen LogP contribution in [-0.2, 0) is 16.6 Å². The number of hydrogen-bond donors (Lipinski definition) is 1. The summed E-state index contributed by atoms with van der Waals surface area (Å²) in [5.41, 5.74) is 5.94. The molecule has 0 spiro atoms. The van der Waals surface area contributed by atoms with E-state index in [0.717, 1.165) is 0 Å². The molecule has 21 heavy (non-hydrogen) atoms. The summed E-state index contributed by atoms with van der Waals surface area (Å²) < 4.78 is 26.9. The summed E-state index contributed by atoms with van der Waals surface area (Å²) in [5.74, 6) is 0. The van der Waals surface area contributed by atoms with E-state index in [1.54, 1.807) is 7.05 Å². The molecule has 1 aromatic carbocycles. The lowest BCUT2D eigenvalue weighted by Crippen LogP contribution is -2.43. The third kappa shape index (κ3) is 3.90. The fraction of sp³-hybridized carbons (Fsp3) is 0.571. The van der Waals surface area contributed by atoms with E-state index in [9.17, 15) is 8.42 Å². The van der Waals surface area contributed by atoms with Crippen molar-refractivity contribution in [2.75, 3.05) is 7.05 Å². The van der Waals surface area contributed by atoms with E-state index in [-0.39, 0.29) is 27.9 Å². The van der Waals surface area contributed by atoms with Crippen LogP contribution in [0.15, 0.2) is 17.0 Å². The summed E-state index contributed by atoms with van der Waals surface area (Å²) in [7, 11) is -2.16. The Morgan fingerprint density at radius 2 is 1.76 bits per heavy atom. The van der Waals surface area contributed by atoms with Crippen molar-refractivity contribution in [2.24, 2.45) is 11.1 Å². The topological polar surface area (TPSA) is 63.4 Å². The fourth-order valence-corrected chi connectivity index (χ4v) is 4.23. The molecular formula is C14H22Cl2N2O2S. The summed E-state index contributed by atoms with van der Waals surface area (Å²) in [4.78, 5) is 0.0348. The van der Waals surface area contributed by atoms with Crippen LogP contribution in [0.2, 0.25) is 10.0 Å². The normalized spacial score (nSPS) is 14.5. The van der Waals surface area contributed by atoms with Gasteiger partial charge < -0.3 is 5.73 Å². The number of rotatable bonds is 4. The molecule has 0 aliphatic heterocycles. The van der Waals surface area contributed by atoms with Crippen molar-refractivity contribution in [3.05, 3.63) is 27.7 Å². The SMILES string of the molecule is CC(N(C)S(=O)(=O)c1cc(CN)c(Cl)cc1Cl)C(C)(C)C. The molecule has 1 unspecified atom stereocenters. The van der Waals surface area contributed by atoms with Crippen molar-refractivity contribution in [1.82, 2.24) is 4.31 Å². The maximum Gasteiger partial charge on any atom is 0.244 e. The molecule has 0 fully saturated rings. The molecule has 0 saturated carbocycles. The first kappa shape index (κ1) is 18.7. The molecular weight excluding hydrogens is 331 g/mol. The van der Waals surface area contributed by atoms with Crippen LogP contribution in [-0.4, -0.2) is 25.8 Å². The van der Waals surface area contributed by atoms with Gasteiger partial charge in [-0.1, -0.05) is 44.0 Å². The summed E-state index contributed by atoms with van der Waals surface area (Å²) in [6.45, 7) is 7.97. The number of nitrogens with zero attached hydrogens (tertiary/aromatic N) is 1. The molecule has 0 aliphatic carbocycles. The van der Waals surface area contributed by atoms with Crippen LogP contribution in [0.5, 0.6) is 0 Å². The number of hydrogen-bond acceptors (Lipinski definition) is 3. The average molecular weight is 353 g/mol. The molecule has 0 aromatic heterocycles. The smallest absolute Gasteiger partial charge is 0.244 e. The molecule has 1 aromatic rings. The molecule has 0 bridgehead atoms. The van der Waals surface area contributed by atoms with Gasteiger partial charge in [-0.3, -0.25) is 0 Å². The largest absolute Gasteiger partial charge is 0.326 e. The highest BCUT2D eigenvalue weighted by atomic mass is 35.5. The maximum atomic E-state index is 12.8. The van der Waals surface area contributed by atoms with Crippen molar-refractivity contribution >= 4 is 33.2 Å². The Hall–Kier alpha value is -0.330. The van der Waals surface area contributed by atoms with Gasteiger partial charge in [-0.2, -0.15) is 4.31 Å². The highest BCUT2D eigenvalue weighted by molar-refractivity contribution is 7.89. The Kier molecular flexibility index (Phi) is 5.73. The molecule has 7 heteroatoms. The molecule has 0 heterocycles. The molecule has 0 amide bonds. The fourth-order valence-electron chi connectivity index (χ4n) is 1.83. The number of nitrogens with two attached hydrogens (primary N) is 1. The molecule has 0 aliphatic rings. The van der Waals surface area contributed by atoms with Crippen LogP contribution in [0, 0.1) is 5.41 Å². The lowest BCUT2D eigenvalue weighted by Gasteiger charge is -2.34. The van der Waals surface area contributed by atoms with Crippen molar-refractivity contribution in [3.63, 3.8) is 0 Å². The lowest BCUT2D eigenvalue weighted by atomic mass is 9.88. The minimum absolute atomic E-state index is 0.0348. The van der Waals surface area contributed by atoms with Gasteiger partial charge in [-0.05, 0) is 30.0 Å². The number of benzene rings is 1. The van der Waals surface area contributed by atoms with Gasteiger partial charge in [0, 0.05) is 24.7 Å². The Balaban J connectivity index is 3.38. The van der Waals surface area contributed by atoms with Gasteiger partial charge in [-0.15, -0.1) is 0 Å². The van der Waals surface area contributed by atoms with Crippen LogP contribution in [0.25, 0.3) is 0 Å². The second-order valence-electron chi connectivity index (χ2n) is 6.14. The predicted molar refractivity (Wildman–Crippen MR) is 88.2 cm³/mol. The Morgan fingerprint density at radius 3 is 2.19 bits per heavy atom. The van der Waals surface area contributed by atoms with Gasteiger partial charge in [-0.25, -0.2) is 8.42 Å². The summed E-state index contributed by atoms with van der Waals surface area (Å²) in [6.07, 6.45) is 0. The van der Waals surface area contributed by atoms with E-state index < -0.39 is 10.0 Å².